The summed E-state index contributed by atoms with van der Waals surface area (Å²) < 4.78 is 5.30. The minimum absolute atomic E-state index is 0.0335. The molecule has 0 aromatic carbocycles. The van der Waals surface area contributed by atoms with Crippen molar-refractivity contribution >= 4 is 17.7 Å². The number of nitrogens with one attached hydrogen (secondary N) is 1. The van der Waals surface area contributed by atoms with Crippen molar-refractivity contribution in [2.45, 2.75) is 63.3 Å². The van der Waals surface area contributed by atoms with Gasteiger partial charge in [0.2, 0.25) is 17.7 Å². The Hall–Kier alpha value is -2.64. The standard InChI is InChI=1S/C24H34N4O4/c1-3-20(29)27-12-10-16(11-13-27)14-28(24(31)18-6-4-5-7-18)22(23(30)25-2)19-15-32-26-21(19)17-8-9-17/h3,15-18,22H,1,4-14H2,2H3,(H,25,30). The molecule has 0 bridgehead atoms. The van der Waals surface area contributed by atoms with E-state index in [1.807, 2.05) is 0 Å². The Kier molecular flexibility index (Phi) is 6.96. The van der Waals surface area contributed by atoms with E-state index in [9.17, 15) is 14.4 Å². The monoisotopic (exact) mass is 442 g/mol. The molecule has 3 fully saturated rings. The summed E-state index contributed by atoms with van der Waals surface area (Å²) in [5.41, 5.74) is 1.53. The molecule has 2 aliphatic carbocycles. The summed E-state index contributed by atoms with van der Waals surface area (Å²) in [6.07, 6.45) is 10.4. The molecule has 1 atom stereocenters. The summed E-state index contributed by atoms with van der Waals surface area (Å²) in [4.78, 5) is 42.4. The van der Waals surface area contributed by atoms with Gasteiger partial charge in [-0.2, -0.15) is 0 Å². The first-order chi connectivity index (χ1) is 15.5. The normalized spacial score (nSPS) is 20.7. The van der Waals surface area contributed by atoms with Gasteiger partial charge in [-0.15, -0.1) is 0 Å². The van der Waals surface area contributed by atoms with Crippen LogP contribution in [0.5, 0.6) is 0 Å². The lowest BCUT2D eigenvalue weighted by Gasteiger charge is -2.38. The van der Waals surface area contributed by atoms with Crippen molar-refractivity contribution in [1.82, 2.24) is 20.3 Å². The minimum Gasteiger partial charge on any atom is -0.364 e. The Morgan fingerprint density at radius 3 is 2.50 bits per heavy atom. The molecule has 174 valence electrons. The van der Waals surface area contributed by atoms with Crippen LogP contribution in [0.15, 0.2) is 23.4 Å². The van der Waals surface area contributed by atoms with Gasteiger partial charge in [-0.25, -0.2) is 0 Å². The number of hydrogen-bond donors (Lipinski definition) is 1. The van der Waals surface area contributed by atoms with Gasteiger partial charge in [0.1, 0.15) is 12.3 Å². The number of rotatable bonds is 8. The fraction of sp³-hybridized carbons (Fsp3) is 0.667. The lowest BCUT2D eigenvalue weighted by atomic mass is 9.92. The predicted octanol–water partition coefficient (Wildman–Crippen LogP) is 2.78. The first kappa shape index (κ1) is 22.6. The van der Waals surface area contributed by atoms with Gasteiger partial charge in [0.25, 0.3) is 0 Å². The van der Waals surface area contributed by atoms with Gasteiger partial charge in [-0.3, -0.25) is 14.4 Å². The number of likely N-dealkylation sites (tertiary alicyclic amines) is 1. The van der Waals surface area contributed by atoms with Crippen LogP contribution in [0.2, 0.25) is 0 Å². The van der Waals surface area contributed by atoms with Crippen molar-refractivity contribution in [3.63, 3.8) is 0 Å². The fourth-order valence-electron chi connectivity index (χ4n) is 5.18. The molecule has 8 heteroatoms. The summed E-state index contributed by atoms with van der Waals surface area (Å²) in [5, 5.41) is 6.96. The summed E-state index contributed by atoms with van der Waals surface area (Å²) in [7, 11) is 1.61. The van der Waals surface area contributed by atoms with Gasteiger partial charge in [-0.1, -0.05) is 24.6 Å². The van der Waals surface area contributed by atoms with E-state index in [2.05, 4.69) is 17.1 Å². The molecule has 0 radical (unpaired) electrons. The highest BCUT2D eigenvalue weighted by Gasteiger charge is 2.41. The maximum Gasteiger partial charge on any atom is 0.247 e. The van der Waals surface area contributed by atoms with Gasteiger partial charge in [0, 0.05) is 44.1 Å². The Bertz CT molecular complexity index is 848. The summed E-state index contributed by atoms with van der Waals surface area (Å²) in [5.74, 6) is 0.306. The molecule has 3 amide bonds. The van der Waals surface area contributed by atoms with Crippen molar-refractivity contribution in [2.24, 2.45) is 11.8 Å². The summed E-state index contributed by atoms with van der Waals surface area (Å²) in [6.45, 7) is 5.36. The van der Waals surface area contributed by atoms with Gasteiger partial charge < -0.3 is 19.6 Å². The largest absolute Gasteiger partial charge is 0.364 e. The molecule has 1 saturated heterocycles. The maximum atomic E-state index is 13.7. The quantitative estimate of drug-likeness (QED) is 0.625. The van der Waals surface area contributed by atoms with E-state index in [4.69, 9.17) is 4.52 Å². The zero-order valence-corrected chi connectivity index (χ0v) is 18.9. The number of amides is 3. The Morgan fingerprint density at radius 1 is 1.22 bits per heavy atom. The first-order valence-corrected chi connectivity index (χ1v) is 11.9. The minimum atomic E-state index is -0.734. The average Bonchev–Trinajstić information content (AvgIpc) is 3.30. The summed E-state index contributed by atoms with van der Waals surface area (Å²) >= 11 is 0. The van der Waals surface area contributed by atoms with Crippen molar-refractivity contribution in [3.8, 4) is 0 Å². The summed E-state index contributed by atoms with van der Waals surface area (Å²) in [6, 6.07) is -0.734. The van der Waals surface area contributed by atoms with Crippen LogP contribution in [0.25, 0.3) is 0 Å². The third-order valence-corrected chi connectivity index (χ3v) is 7.23. The van der Waals surface area contributed by atoms with E-state index >= 15 is 0 Å². The number of carbonyl (C=O) groups is 3. The number of nitrogens with zero attached hydrogens (tertiary/aromatic N) is 3. The molecule has 2 heterocycles. The van der Waals surface area contributed by atoms with E-state index in [1.165, 1.54) is 6.08 Å². The van der Waals surface area contributed by atoms with E-state index in [0.717, 1.165) is 62.6 Å². The van der Waals surface area contributed by atoms with Crippen molar-refractivity contribution in [1.29, 1.82) is 0 Å². The Labute approximate surface area is 189 Å². The predicted molar refractivity (Wildman–Crippen MR) is 118 cm³/mol. The third-order valence-electron chi connectivity index (χ3n) is 7.23. The third kappa shape index (κ3) is 4.74. The lowest BCUT2D eigenvalue weighted by molar-refractivity contribution is -0.145. The molecule has 1 N–H and O–H groups in total. The van der Waals surface area contributed by atoms with Crippen molar-refractivity contribution < 1.29 is 18.9 Å². The van der Waals surface area contributed by atoms with Gasteiger partial charge >= 0.3 is 0 Å². The zero-order chi connectivity index (χ0) is 22.7. The Balaban J connectivity index is 1.59. The van der Waals surface area contributed by atoms with Crippen LogP contribution in [0, 0.1) is 11.8 Å². The second-order valence-electron chi connectivity index (χ2n) is 9.39. The Morgan fingerprint density at radius 2 is 1.91 bits per heavy atom. The van der Waals surface area contributed by atoms with Crippen LogP contribution in [-0.4, -0.2) is 59.4 Å². The van der Waals surface area contributed by atoms with Crippen LogP contribution in [0.1, 0.15) is 74.6 Å². The van der Waals surface area contributed by atoms with Gasteiger partial charge in [-0.05, 0) is 50.5 Å². The van der Waals surface area contributed by atoms with E-state index in [1.54, 1.807) is 23.1 Å². The van der Waals surface area contributed by atoms with Crippen molar-refractivity contribution in [2.75, 3.05) is 26.7 Å². The number of aromatic nitrogens is 1. The second-order valence-corrected chi connectivity index (χ2v) is 9.39. The van der Waals surface area contributed by atoms with Crippen molar-refractivity contribution in [3.05, 3.63) is 30.2 Å². The second kappa shape index (κ2) is 9.88. The molecular weight excluding hydrogens is 408 g/mol. The topological polar surface area (TPSA) is 95.8 Å². The number of piperidine rings is 1. The molecule has 1 aromatic heterocycles. The molecule has 2 saturated carbocycles. The van der Waals surface area contributed by atoms with Crippen LogP contribution in [-0.2, 0) is 14.4 Å². The highest BCUT2D eigenvalue weighted by Crippen LogP contribution is 2.44. The number of likely N-dealkylation sites (N-methyl/N-ethyl adjacent to an activating group) is 1. The molecule has 4 rings (SSSR count). The smallest absolute Gasteiger partial charge is 0.247 e. The van der Waals surface area contributed by atoms with Crippen LogP contribution < -0.4 is 5.32 Å². The molecule has 0 spiro atoms. The first-order valence-electron chi connectivity index (χ1n) is 11.9. The van der Waals surface area contributed by atoms with E-state index < -0.39 is 6.04 Å². The molecule has 1 aliphatic heterocycles. The average molecular weight is 443 g/mol. The lowest BCUT2D eigenvalue weighted by Crippen LogP contribution is -2.48. The van der Waals surface area contributed by atoms with Gasteiger partial charge in [0.05, 0.1) is 5.69 Å². The number of carbonyl (C=O) groups excluding carboxylic acids is 3. The molecule has 1 aromatic rings. The van der Waals surface area contributed by atoms with E-state index in [0.29, 0.717) is 25.6 Å². The van der Waals surface area contributed by atoms with Crippen LogP contribution in [0.3, 0.4) is 0 Å². The van der Waals surface area contributed by atoms with Gasteiger partial charge in [0.15, 0.2) is 0 Å². The molecule has 32 heavy (non-hydrogen) atoms. The molecule has 1 unspecified atom stereocenters. The van der Waals surface area contributed by atoms with Crippen LogP contribution in [0.4, 0.5) is 0 Å². The molecule has 3 aliphatic rings. The molecule has 8 nitrogen and oxygen atoms in total. The zero-order valence-electron chi connectivity index (χ0n) is 18.9. The van der Waals surface area contributed by atoms with E-state index in [-0.39, 0.29) is 29.6 Å². The number of hydrogen-bond acceptors (Lipinski definition) is 5. The molecular formula is C24H34N4O4. The SMILES string of the molecule is C=CC(=O)N1CCC(CN(C(=O)C2CCCC2)C(C(=O)NC)c2conc2C2CC2)CC1. The highest BCUT2D eigenvalue weighted by molar-refractivity contribution is 5.90. The highest BCUT2D eigenvalue weighted by atomic mass is 16.5. The van der Waals surface area contributed by atoms with Crippen LogP contribution >= 0.6 is 0 Å². The fourth-order valence-corrected chi connectivity index (χ4v) is 5.18. The maximum absolute atomic E-state index is 13.7.